The summed E-state index contributed by atoms with van der Waals surface area (Å²) in [6.45, 7) is 7.50. The van der Waals surface area contributed by atoms with E-state index in [2.05, 4.69) is 117 Å². The van der Waals surface area contributed by atoms with E-state index >= 15 is 0 Å². The summed E-state index contributed by atoms with van der Waals surface area (Å²) in [5.41, 5.74) is 5.82. The van der Waals surface area contributed by atoms with Gasteiger partial charge in [0.1, 0.15) is 5.69 Å². The number of anilines is 2. The van der Waals surface area contributed by atoms with Gasteiger partial charge in [-0.3, -0.25) is 4.99 Å². The van der Waals surface area contributed by atoms with Crippen LogP contribution in [0.5, 0.6) is 5.75 Å². The topological polar surface area (TPSA) is 36.9 Å². The molecule has 0 amide bonds. The Hall–Kier alpha value is -3.79. The van der Waals surface area contributed by atoms with Gasteiger partial charge in [0.25, 0.3) is 0 Å². The van der Waals surface area contributed by atoms with Gasteiger partial charge >= 0.3 is 0 Å². The van der Waals surface area contributed by atoms with Crippen molar-refractivity contribution < 1.29 is 4.74 Å². The third-order valence-electron chi connectivity index (χ3n) is 7.52. The Bertz CT molecular complexity index is 1440. The fourth-order valence-corrected chi connectivity index (χ4v) is 5.62. The summed E-state index contributed by atoms with van der Waals surface area (Å²) < 4.78 is 7.01. The van der Waals surface area contributed by atoms with Gasteiger partial charge in [-0.1, -0.05) is 54.6 Å². The average molecular weight is 448 g/mol. The van der Waals surface area contributed by atoms with Gasteiger partial charge in [0.05, 0.1) is 11.6 Å². The zero-order valence-corrected chi connectivity index (χ0v) is 20.1. The first-order valence-corrected chi connectivity index (χ1v) is 11.9. The van der Waals surface area contributed by atoms with Crippen molar-refractivity contribution in [3.63, 3.8) is 0 Å². The lowest BCUT2D eigenvalue weighted by Gasteiger charge is -2.45. The number of aliphatic imine (C=N–C) groups is 1. The van der Waals surface area contributed by atoms with E-state index < -0.39 is 5.72 Å². The minimum atomic E-state index is -0.693. The van der Waals surface area contributed by atoms with Gasteiger partial charge in [0, 0.05) is 30.4 Å². The van der Waals surface area contributed by atoms with E-state index in [1.165, 1.54) is 22.2 Å². The highest BCUT2D eigenvalue weighted by atomic mass is 16.5. The number of para-hydroxylation sites is 1. The van der Waals surface area contributed by atoms with E-state index in [9.17, 15) is 0 Å². The summed E-state index contributed by atoms with van der Waals surface area (Å²) in [4.78, 5) is 7.27. The molecule has 1 atom stereocenters. The zero-order chi connectivity index (χ0) is 23.5. The number of likely N-dealkylation sites (N-methyl/N-ethyl adjacent to an activating group) is 1. The van der Waals surface area contributed by atoms with Crippen molar-refractivity contribution in [2.24, 2.45) is 4.99 Å². The first-order chi connectivity index (χ1) is 16.5. The van der Waals surface area contributed by atoms with E-state index in [4.69, 9.17) is 9.73 Å². The molecule has 170 valence electrons. The third kappa shape index (κ3) is 2.75. The molecule has 2 aliphatic heterocycles. The van der Waals surface area contributed by atoms with E-state index in [0.717, 1.165) is 34.6 Å². The fourth-order valence-electron chi connectivity index (χ4n) is 5.62. The van der Waals surface area contributed by atoms with Crippen LogP contribution in [0.25, 0.3) is 21.9 Å². The van der Waals surface area contributed by atoms with E-state index in [1.54, 1.807) is 0 Å². The van der Waals surface area contributed by atoms with Crippen molar-refractivity contribution in [2.45, 2.75) is 31.9 Å². The van der Waals surface area contributed by atoms with Gasteiger partial charge in [-0.25, -0.2) is 0 Å². The molecule has 0 bridgehead atoms. The van der Waals surface area contributed by atoms with Crippen LogP contribution in [0, 0.1) is 0 Å². The lowest BCUT2D eigenvalue weighted by molar-refractivity contribution is 0.0842. The zero-order valence-electron chi connectivity index (χ0n) is 20.1. The summed E-state index contributed by atoms with van der Waals surface area (Å²) in [6, 6.07) is 27.8. The Morgan fingerprint density at radius 1 is 0.912 bits per heavy atom. The summed E-state index contributed by atoms with van der Waals surface area (Å²) >= 11 is 0. The minimum absolute atomic E-state index is 0.276. The maximum Gasteiger partial charge on any atom is 0.228 e. The van der Waals surface area contributed by atoms with Crippen molar-refractivity contribution in [1.29, 1.82) is 0 Å². The van der Waals surface area contributed by atoms with Crippen LogP contribution in [0.1, 0.15) is 26.3 Å². The van der Waals surface area contributed by atoms with Gasteiger partial charge in [0.15, 0.2) is 5.75 Å². The summed E-state index contributed by atoms with van der Waals surface area (Å²) in [6.07, 6.45) is 2.00. The lowest BCUT2D eigenvalue weighted by Crippen LogP contribution is -2.61. The average Bonchev–Trinajstić information content (AvgIpc) is 3.03. The number of rotatable bonds is 3. The standard InChI is InChI=1S/C30H29N3O/c1-5-31-21-16-14-20(15-17-21)24-18-26-28(23-11-7-6-10-22(23)24)34-30(19-32-26)29(2,3)25-12-8-9-13-27(25)33(30)4/h6-19,31H,5H2,1-4H3. The molecule has 2 aliphatic rings. The van der Waals surface area contributed by atoms with Crippen LogP contribution < -0.4 is 15.0 Å². The van der Waals surface area contributed by atoms with Crippen molar-refractivity contribution in [2.75, 3.05) is 23.8 Å². The molecule has 1 unspecified atom stereocenters. The maximum absolute atomic E-state index is 7.01. The van der Waals surface area contributed by atoms with Crippen LogP contribution in [0.15, 0.2) is 83.9 Å². The lowest BCUT2D eigenvalue weighted by atomic mass is 9.77. The largest absolute Gasteiger partial charge is 0.459 e. The Kier molecular flexibility index (Phi) is 4.50. The predicted octanol–water partition coefficient (Wildman–Crippen LogP) is 7.16. The number of fused-ring (bicyclic) bond motifs is 4. The maximum atomic E-state index is 7.01. The van der Waals surface area contributed by atoms with E-state index in [-0.39, 0.29) is 5.41 Å². The van der Waals surface area contributed by atoms with Crippen LogP contribution in [-0.4, -0.2) is 25.5 Å². The van der Waals surface area contributed by atoms with Crippen molar-refractivity contribution >= 4 is 34.0 Å². The number of benzene rings is 4. The van der Waals surface area contributed by atoms with Gasteiger partial charge in [-0.15, -0.1) is 0 Å². The Balaban J connectivity index is 1.52. The van der Waals surface area contributed by atoms with Gasteiger partial charge in [0.2, 0.25) is 5.72 Å². The SMILES string of the molecule is CCNc1ccc(-c2cc3c(c4ccccc24)OC2(C=N3)N(C)c3ccccc3C2(C)C)cc1. The van der Waals surface area contributed by atoms with Crippen molar-refractivity contribution in [3.8, 4) is 16.9 Å². The summed E-state index contributed by atoms with van der Waals surface area (Å²) in [7, 11) is 2.10. The van der Waals surface area contributed by atoms with Gasteiger partial charge in [-0.2, -0.15) is 0 Å². The second-order valence-electron chi connectivity index (χ2n) is 9.68. The van der Waals surface area contributed by atoms with Crippen LogP contribution >= 0.6 is 0 Å². The Labute approximate surface area is 200 Å². The smallest absolute Gasteiger partial charge is 0.228 e. The highest BCUT2D eigenvalue weighted by Gasteiger charge is 2.58. The summed E-state index contributed by atoms with van der Waals surface area (Å²) in [5.74, 6) is 0.846. The molecule has 0 radical (unpaired) electrons. The molecular weight excluding hydrogens is 418 g/mol. The number of ether oxygens (including phenoxy) is 1. The molecule has 0 aromatic heterocycles. The molecular formula is C30H29N3O. The molecule has 0 fully saturated rings. The molecule has 0 saturated heterocycles. The molecule has 34 heavy (non-hydrogen) atoms. The van der Waals surface area contributed by atoms with Crippen molar-refractivity contribution in [1.82, 2.24) is 0 Å². The molecule has 1 N–H and O–H groups in total. The van der Waals surface area contributed by atoms with Crippen LogP contribution in [0.4, 0.5) is 17.1 Å². The van der Waals surface area contributed by atoms with E-state index in [0.29, 0.717) is 0 Å². The van der Waals surface area contributed by atoms with E-state index in [1.807, 2.05) is 6.21 Å². The molecule has 0 saturated carbocycles. The molecule has 4 aromatic rings. The highest BCUT2D eigenvalue weighted by molar-refractivity contribution is 6.05. The number of hydrogen-bond donors (Lipinski definition) is 1. The first kappa shape index (κ1) is 20.8. The first-order valence-electron chi connectivity index (χ1n) is 11.9. The molecule has 4 heteroatoms. The van der Waals surface area contributed by atoms with Crippen LogP contribution in [-0.2, 0) is 5.41 Å². The normalized spacial score (nSPS) is 19.7. The third-order valence-corrected chi connectivity index (χ3v) is 7.52. The molecule has 6 rings (SSSR count). The number of hydrogen-bond acceptors (Lipinski definition) is 4. The second-order valence-corrected chi connectivity index (χ2v) is 9.68. The van der Waals surface area contributed by atoms with Crippen molar-refractivity contribution in [3.05, 3.63) is 84.4 Å². The quantitative estimate of drug-likeness (QED) is 0.362. The fraction of sp³-hybridized carbons (Fsp3) is 0.233. The predicted molar refractivity (Wildman–Crippen MR) is 143 cm³/mol. The van der Waals surface area contributed by atoms with Crippen LogP contribution in [0.3, 0.4) is 0 Å². The minimum Gasteiger partial charge on any atom is -0.459 e. The highest BCUT2D eigenvalue weighted by Crippen LogP contribution is 2.55. The molecule has 1 spiro atoms. The molecule has 2 heterocycles. The monoisotopic (exact) mass is 447 g/mol. The Morgan fingerprint density at radius 2 is 1.62 bits per heavy atom. The number of nitrogens with zero attached hydrogens (tertiary/aromatic N) is 2. The number of nitrogens with one attached hydrogen (secondary N) is 1. The summed E-state index contributed by atoms with van der Waals surface area (Å²) in [5, 5.41) is 5.62. The van der Waals surface area contributed by atoms with Gasteiger partial charge < -0.3 is 15.0 Å². The molecule has 4 nitrogen and oxygen atoms in total. The second kappa shape index (κ2) is 7.36. The van der Waals surface area contributed by atoms with Crippen LogP contribution in [0.2, 0.25) is 0 Å². The molecule has 0 aliphatic carbocycles. The molecule has 4 aromatic carbocycles. The van der Waals surface area contributed by atoms with Gasteiger partial charge in [-0.05, 0) is 67.1 Å². The Morgan fingerprint density at radius 3 is 2.35 bits per heavy atom.